The molecule has 0 aliphatic heterocycles. The number of aromatic nitrogens is 2. The molecule has 7 heteroatoms. The van der Waals surface area contributed by atoms with Gasteiger partial charge in [0.25, 0.3) is 10.0 Å². The number of anilines is 1. The van der Waals surface area contributed by atoms with Crippen LogP contribution in [0.15, 0.2) is 59.9 Å². The summed E-state index contributed by atoms with van der Waals surface area (Å²) >= 11 is 0. The number of benzene rings is 1. The van der Waals surface area contributed by atoms with Crippen molar-refractivity contribution in [1.82, 2.24) is 9.97 Å². The minimum absolute atomic E-state index is 0.175. The first-order valence-corrected chi connectivity index (χ1v) is 7.94. The quantitative estimate of drug-likeness (QED) is 0.799. The van der Waals surface area contributed by atoms with Crippen LogP contribution in [-0.4, -0.2) is 25.5 Å². The van der Waals surface area contributed by atoms with Crippen LogP contribution in [0.5, 0.6) is 5.88 Å². The summed E-state index contributed by atoms with van der Waals surface area (Å²) < 4.78 is 32.6. The Labute approximate surface area is 127 Å². The molecule has 6 nitrogen and oxygen atoms in total. The molecule has 2 aromatic heterocycles. The first-order valence-electron chi connectivity index (χ1n) is 6.46. The van der Waals surface area contributed by atoms with Gasteiger partial charge in [0, 0.05) is 23.8 Å². The highest BCUT2D eigenvalue weighted by Crippen LogP contribution is 2.24. The largest absolute Gasteiger partial charge is 0.481 e. The van der Waals surface area contributed by atoms with E-state index in [1.54, 1.807) is 36.5 Å². The predicted octanol–water partition coefficient (Wildman–Crippen LogP) is 2.44. The second kappa shape index (κ2) is 5.61. The Bertz CT molecular complexity index is 903. The second-order valence-corrected chi connectivity index (χ2v) is 6.20. The molecule has 0 radical (unpaired) electrons. The number of methoxy groups -OCH3 is 1. The van der Waals surface area contributed by atoms with Gasteiger partial charge in [-0.3, -0.25) is 9.71 Å². The highest BCUT2D eigenvalue weighted by molar-refractivity contribution is 7.93. The van der Waals surface area contributed by atoms with Crippen molar-refractivity contribution in [3.63, 3.8) is 0 Å². The van der Waals surface area contributed by atoms with Gasteiger partial charge in [0.05, 0.1) is 23.9 Å². The maximum absolute atomic E-state index is 12.6. The molecule has 0 aliphatic carbocycles. The number of hydrogen-bond donors (Lipinski definition) is 1. The SMILES string of the molecule is COc1ccc(NS(=O)(=O)c2cccc3ccncc23)cn1. The zero-order chi connectivity index (χ0) is 15.6. The van der Waals surface area contributed by atoms with E-state index < -0.39 is 10.0 Å². The molecule has 0 spiro atoms. The van der Waals surface area contributed by atoms with Crippen molar-refractivity contribution in [3.05, 3.63) is 55.0 Å². The number of rotatable bonds is 4. The number of nitrogens with one attached hydrogen (secondary N) is 1. The minimum atomic E-state index is -3.73. The number of hydrogen-bond acceptors (Lipinski definition) is 5. The lowest BCUT2D eigenvalue weighted by molar-refractivity contribution is 0.398. The van der Waals surface area contributed by atoms with Crippen LogP contribution in [0, 0.1) is 0 Å². The Hall–Kier alpha value is -2.67. The molecule has 1 N–H and O–H groups in total. The summed E-state index contributed by atoms with van der Waals surface area (Å²) in [7, 11) is -2.23. The molecule has 2 heterocycles. The molecule has 0 amide bonds. The molecule has 112 valence electrons. The van der Waals surface area contributed by atoms with Gasteiger partial charge in [-0.15, -0.1) is 0 Å². The van der Waals surface area contributed by atoms with Gasteiger partial charge in [-0.2, -0.15) is 0 Å². The zero-order valence-electron chi connectivity index (χ0n) is 11.7. The van der Waals surface area contributed by atoms with Crippen LogP contribution in [-0.2, 0) is 10.0 Å². The van der Waals surface area contributed by atoms with E-state index in [1.165, 1.54) is 19.5 Å². The van der Waals surface area contributed by atoms with Crippen LogP contribution in [0.1, 0.15) is 0 Å². The van der Waals surface area contributed by atoms with E-state index in [4.69, 9.17) is 4.74 Å². The van der Waals surface area contributed by atoms with Crippen molar-refractivity contribution < 1.29 is 13.2 Å². The van der Waals surface area contributed by atoms with Gasteiger partial charge < -0.3 is 4.74 Å². The van der Waals surface area contributed by atoms with Crippen LogP contribution in [0.25, 0.3) is 10.8 Å². The Kier molecular flexibility index (Phi) is 3.64. The highest BCUT2D eigenvalue weighted by Gasteiger charge is 2.17. The maximum atomic E-state index is 12.6. The highest BCUT2D eigenvalue weighted by atomic mass is 32.2. The van der Waals surface area contributed by atoms with E-state index in [2.05, 4.69) is 14.7 Å². The van der Waals surface area contributed by atoms with Gasteiger partial charge in [-0.05, 0) is 23.6 Å². The van der Waals surface area contributed by atoms with Gasteiger partial charge in [0.2, 0.25) is 5.88 Å². The Morgan fingerprint density at radius 1 is 1.09 bits per heavy atom. The van der Waals surface area contributed by atoms with Gasteiger partial charge in [0.1, 0.15) is 0 Å². The summed E-state index contributed by atoms with van der Waals surface area (Å²) in [5.74, 6) is 0.414. The molecule has 1 aromatic carbocycles. The fraction of sp³-hybridized carbons (Fsp3) is 0.0667. The molecule has 3 aromatic rings. The van der Waals surface area contributed by atoms with Crippen LogP contribution in [0.4, 0.5) is 5.69 Å². The van der Waals surface area contributed by atoms with Crippen molar-refractivity contribution in [2.45, 2.75) is 4.90 Å². The molecule has 0 fully saturated rings. The van der Waals surface area contributed by atoms with E-state index in [1.807, 2.05) is 6.07 Å². The molecule has 0 saturated heterocycles. The Balaban J connectivity index is 2.01. The average molecular weight is 315 g/mol. The van der Waals surface area contributed by atoms with Crippen LogP contribution < -0.4 is 9.46 Å². The number of fused-ring (bicyclic) bond motifs is 1. The third kappa shape index (κ3) is 2.71. The van der Waals surface area contributed by atoms with E-state index in [0.29, 0.717) is 17.0 Å². The molecule has 0 saturated carbocycles. The van der Waals surface area contributed by atoms with Gasteiger partial charge in [-0.25, -0.2) is 13.4 Å². The topological polar surface area (TPSA) is 81.2 Å². The summed E-state index contributed by atoms with van der Waals surface area (Å²) in [6.45, 7) is 0. The fourth-order valence-electron chi connectivity index (χ4n) is 2.09. The summed E-state index contributed by atoms with van der Waals surface area (Å²) in [5.41, 5.74) is 0.363. The van der Waals surface area contributed by atoms with Crippen LogP contribution in [0.2, 0.25) is 0 Å². The summed E-state index contributed by atoms with van der Waals surface area (Å²) in [6.07, 6.45) is 4.56. The molecule has 3 rings (SSSR count). The zero-order valence-corrected chi connectivity index (χ0v) is 12.5. The lowest BCUT2D eigenvalue weighted by Crippen LogP contribution is -2.13. The van der Waals surface area contributed by atoms with Crippen molar-refractivity contribution in [2.75, 3.05) is 11.8 Å². The molecule has 0 unspecified atom stereocenters. The van der Waals surface area contributed by atoms with Crippen molar-refractivity contribution in [2.24, 2.45) is 0 Å². The summed E-state index contributed by atoms with van der Waals surface area (Å²) in [5, 5.41) is 1.38. The molecule has 22 heavy (non-hydrogen) atoms. The summed E-state index contributed by atoms with van der Waals surface area (Å²) in [4.78, 5) is 8.15. The first-order chi connectivity index (χ1) is 10.6. The van der Waals surface area contributed by atoms with Crippen molar-refractivity contribution >= 4 is 26.5 Å². The first kappa shape index (κ1) is 14.3. The molecular weight excluding hydrogens is 302 g/mol. The fourth-order valence-corrected chi connectivity index (χ4v) is 3.35. The van der Waals surface area contributed by atoms with E-state index >= 15 is 0 Å². The normalized spacial score (nSPS) is 11.3. The maximum Gasteiger partial charge on any atom is 0.262 e. The van der Waals surface area contributed by atoms with Crippen LogP contribution >= 0.6 is 0 Å². The third-order valence-electron chi connectivity index (χ3n) is 3.13. The van der Waals surface area contributed by atoms with E-state index in [9.17, 15) is 8.42 Å². The van der Waals surface area contributed by atoms with Gasteiger partial charge >= 0.3 is 0 Å². The van der Waals surface area contributed by atoms with E-state index in [0.717, 1.165) is 5.39 Å². The lowest BCUT2D eigenvalue weighted by atomic mass is 10.2. The molecular formula is C15H13N3O3S. The molecule has 0 atom stereocenters. The number of sulfonamides is 1. The van der Waals surface area contributed by atoms with Crippen molar-refractivity contribution in [3.8, 4) is 5.88 Å². The second-order valence-electron chi connectivity index (χ2n) is 4.55. The third-order valence-corrected chi connectivity index (χ3v) is 4.57. The Morgan fingerprint density at radius 3 is 2.68 bits per heavy atom. The van der Waals surface area contributed by atoms with Gasteiger partial charge in [0.15, 0.2) is 0 Å². The predicted molar refractivity (Wildman–Crippen MR) is 83.3 cm³/mol. The number of pyridine rings is 2. The lowest BCUT2D eigenvalue weighted by Gasteiger charge is -2.10. The summed E-state index contributed by atoms with van der Waals surface area (Å²) in [6, 6.07) is 10.0. The smallest absolute Gasteiger partial charge is 0.262 e. The monoisotopic (exact) mass is 315 g/mol. The average Bonchev–Trinajstić information content (AvgIpc) is 2.54. The van der Waals surface area contributed by atoms with Gasteiger partial charge in [-0.1, -0.05) is 12.1 Å². The van der Waals surface area contributed by atoms with E-state index in [-0.39, 0.29) is 4.90 Å². The minimum Gasteiger partial charge on any atom is -0.481 e. The van der Waals surface area contributed by atoms with Crippen molar-refractivity contribution in [1.29, 1.82) is 0 Å². The number of ether oxygens (including phenoxy) is 1. The Morgan fingerprint density at radius 2 is 1.95 bits per heavy atom. The molecule has 0 bridgehead atoms. The van der Waals surface area contributed by atoms with Crippen LogP contribution in [0.3, 0.4) is 0 Å². The standard InChI is InChI=1S/C15H13N3O3S/c1-21-15-6-5-12(9-17-15)18-22(19,20)14-4-2-3-11-7-8-16-10-13(11)14/h2-10,18H,1H3. The molecule has 0 aliphatic rings. The number of nitrogens with zero attached hydrogens (tertiary/aromatic N) is 2.